The molecule has 1 unspecified atom stereocenters. The molecule has 4 nitrogen and oxygen atoms in total. The van der Waals surface area contributed by atoms with Gasteiger partial charge in [0.2, 0.25) is 0 Å². The van der Waals surface area contributed by atoms with Crippen molar-refractivity contribution in [2.45, 2.75) is 58.7 Å². The second-order valence-electron chi connectivity index (χ2n) is 6.38. The average Bonchev–Trinajstić information content (AvgIpc) is 2.75. The zero-order valence-electron chi connectivity index (χ0n) is 13.6. The van der Waals surface area contributed by atoms with Crippen molar-refractivity contribution in [1.29, 1.82) is 0 Å². The fourth-order valence-electron chi connectivity index (χ4n) is 2.56. The smallest absolute Gasteiger partial charge is 0.112 e. The van der Waals surface area contributed by atoms with Crippen molar-refractivity contribution in [2.75, 3.05) is 6.54 Å². The Labute approximate surface area is 127 Å². The Balaban J connectivity index is 2.26. The molecule has 4 heteroatoms. The van der Waals surface area contributed by atoms with Gasteiger partial charge in [0, 0.05) is 25.6 Å². The van der Waals surface area contributed by atoms with Gasteiger partial charge in [-0.2, -0.15) is 0 Å². The third kappa shape index (κ3) is 4.05. The van der Waals surface area contributed by atoms with Crippen LogP contribution >= 0.6 is 0 Å². The van der Waals surface area contributed by atoms with Crippen LogP contribution in [0.25, 0.3) is 11.0 Å². The first-order valence-corrected chi connectivity index (χ1v) is 7.83. The fraction of sp³-hybridized carbons (Fsp3) is 0.588. The Hall–Kier alpha value is -1.39. The van der Waals surface area contributed by atoms with Crippen molar-refractivity contribution < 1.29 is 5.11 Å². The number of aromatic nitrogens is 2. The van der Waals surface area contributed by atoms with Gasteiger partial charge in [-0.1, -0.05) is 32.9 Å². The molecule has 0 spiro atoms. The van der Waals surface area contributed by atoms with E-state index in [0.29, 0.717) is 19.0 Å². The number of aliphatic hydroxyl groups is 1. The summed E-state index contributed by atoms with van der Waals surface area (Å²) in [6.07, 6.45) is 1.61. The summed E-state index contributed by atoms with van der Waals surface area (Å²) in [5.74, 6) is 0.966. The normalized spacial score (nSPS) is 14.8. The molecule has 1 heterocycles. The number of imidazole rings is 1. The lowest BCUT2D eigenvalue weighted by molar-refractivity contribution is 0.0554. The molecule has 0 amide bonds. The Morgan fingerprint density at radius 2 is 2.05 bits per heavy atom. The summed E-state index contributed by atoms with van der Waals surface area (Å²) in [6, 6.07) is 8.55. The van der Waals surface area contributed by atoms with Gasteiger partial charge in [0.1, 0.15) is 5.82 Å². The largest absolute Gasteiger partial charge is 0.388 e. The summed E-state index contributed by atoms with van der Waals surface area (Å²) < 4.78 is 2.24. The van der Waals surface area contributed by atoms with Crippen LogP contribution in [0.5, 0.6) is 0 Å². The number of benzene rings is 1. The molecular formula is C17H27N3O. The van der Waals surface area contributed by atoms with Gasteiger partial charge in [-0.25, -0.2) is 4.98 Å². The number of fused-ring (bicyclic) bond motifs is 1. The molecule has 2 rings (SSSR count). The molecular weight excluding hydrogens is 262 g/mol. The number of hydrogen-bond acceptors (Lipinski definition) is 3. The van der Waals surface area contributed by atoms with Crippen molar-refractivity contribution in [3.8, 4) is 0 Å². The number of rotatable bonds is 7. The molecule has 0 aliphatic rings. The second kappa shape index (κ2) is 6.58. The summed E-state index contributed by atoms with van der Waals surface area (Å²) in [5.41, 5.74) is 1.37. The van der Waals surface area contributed by atoms with Crippen molar-refractivity contribution in [3.05, 3.63) is 30.1 Å². The molecule has 21 heavy (non-hydrogen) atoms. The van der Waals surface area contributed by atoms with E-state index in [-0.39, 0.29) is 0 Å². The second-order valence-corrected chi connectivity index (χ2v) is 6.38. The summed E-state index contributed by atoms with van der Waals surface area (Å²) in [5, 5.41) is 13.9. The molecule has 116 valence electrons. The molecule has 2 N–H and O–H groups in total. The monoisotopic (exact) mass is 289 g/mol. The summed E-state index contributed by atoms with van der Waals surface area (Å²) >= 11 is 0. The Bertz CT molecular complexity index is 587. The standard InChI is InChI=1S/C17H27N3O/c1-5-10-20-15-9-7-6-8-14(15)19-16(20)11-17(4,21)12-18-13(2)3/h6-9,13,18,21H,5,10-12H2,1-4H3. The quantitative estimate of drug-likeness (QED) is 0.824. The fourth-order valence-corrected chi connectivity index (χ4v) is 2.56. The summed E-state index contributed by atoms with van der Waals surface area (Å²) in [6.45, 7) is 9.71. The Morgan fingerprint density at radius 1 is 1.33 bits per heavy atom. The number of nitrogens with zero attached hydrogens (tertiary/aromatic N) is 2. The third-order valence-corrected chi connectivity index (χ3v) is 3.61. The zero-order chi connectivity index (χ0) is 15.5. The first-order chi connectivity index (χ1) is 9.93. The average molecular weight is 289 g/mol. The van der Waals surface area contributed by atoms with Crippen LogP contribution in [0.4, 0.5) is 0 Å². The highest BCUT2D eigenvalue weighted by molar-refractivity contribution is 5.75. The van der Waals surface area contributed by atoms with Crippen molar-refractivity contribution >= 4 is 11.0 Å². The van der Waals surface area contributed by atoms with E-state index in [1.165, 1.54) is 0 Å². The molecule has 0 aliphatic heterocycles. The first-order valence-electron chi connectivity index (χ1n) is 7.83. The maximum absolute atomic E-state index is 10.6. The first kappa shape index (κ1) is 16.0. The van der Waals surface area contributed by atoms with Crippen LogP contribution in [0.3, 0.4) is 0 Å². The molecule has 1 atom stereocenters. The minimum Gasteiger partial charge on any atom is -0.388 e. The molecule has 0 bridgehead atoms. The minimum absolute atomic E-state index is 0.367. The van der Waals surface area contributed by atoms with Crippen molar-refractivity contribution in [1.82, 2.24) is 14.9 Å². The van der Waals surface area contributed by atoms with Gasteiger partial charge in [0.05, 0.1) is 16.6 Å². The van der Waals surface area contributed by atoms with E-state index in [9.17, 15) is 5.11 Å². The van der Waals surface area contributed by atoms with Crippen LogP contribution in [0.1, 0.15) is 39.9 Å². The third-order valence-electron chi connectivity index (χ3n) is 3.61. The van der Waals surface area contributed by atoms with Crippen LogP contribution in [0.2, 0.25) is 0 Å². The van der Waals surface area contributed by atoms with Gasteiger partial charge in [-0.05, 0) is 25.5 Å². The van der Waals surface area contributed by atoms with Gasteiger partial charge in [-0.15, -0.1) is 0 Å². The van der Waals surface area contributed by atoms with E-state index in [0.717, 1.165) is 29.8 Å². The predicted octanol–water partition coefficient (Wildman–Crippen LogP) is 2.74. The van der Waals surface area contributed by atoms with E-state index in [2.05, 4.69) is 36.7 Å². The van der Waals surface area contributed by atoms with E-state index >= 15 is 0 Å². The van der Waals surface area contributed by atoms with Crippen molar-refractivity contribution in [2.24, 2.45) is 0 Å². The highest BCUT2D eigenvalue weighted by Crippen LogP contribution is 2.20. The molecule has 1 aromatic heterocycles. The van der Waals surface area contributed by atoms with Gasteiger partial charge >= 0.3 is 0 Å². The maximum Gasteiger partial charge on any atom is 0.112 e. The summed E-state index contributed by atoms with van der Waals surface area (Å²) in [4.78, 5) is 4.72. The van der Waals surface area contributed by atoms with E-state index in [1.807, 2.05) is 25.1 Å². The lowest BCUT2D eigenvalue weighted by atomic mass is 10.0. The highest BCUT2D eigenvalue weighted by atomic mass is 16.3. The van der Waals surface area contributed by atoms with Crippen LogP contribution in [0.15, 0.2) is 24.3 Å². The van der Waals surface area contributed by atoms with Gasteiger partial charge in [0.25, 0.3) is 0 Å². The van der Waals surface area contributed by atoms with E-state index in [1.54, 1.807) is 0 Å². The minimum atomic E-state index is -0.795. The molecule has 0 fully saturated rings. The molecule has 0 saturated carbocycles. The van der Waals surface area contributed by atoms with Crippen LogP contribution < -0.4 is 5.32 Å². The highest BCUT2D eigenvalue weighted by Gasteiger charge is 2.24. The molecule has 1 aromatic carbocycles. The lowest BCUT2D eigenvalue weighted by Gasteiger charge is -2.25. The molecule has 0 saturated heterocycles. The van der Waals surface area contributed by atoms with Gasteiger partial charge in [-0.3, -0.25) is 0 Å². The Morgan fingerprint density at radius 3 is 2.71 bits per heavy atom. The number of nitrogens with one attached hydrogen (secondary N) is 1. The Kier molecular flexibility index (Phi) is 5.01. The lowest BCUT2D eigenvalue weighted by Crippen LogP contribution is -2.42. The van der Waals surface area contributed by atoms with Crippen LogP contribution in [-0.4, -0.2) is 32.8 Å². The van der Waals surface area contributed by atoms with Gasteiger partial charge in [0.15, 0.2) is 0 Å². The van der Waals surface area contributed by atoms with Crippen LogP contribution in [0, 0.1) is 0 Å². The zero-order valence-corrected chi connectivity index (χ0v) is 13.6. The molecule has 2 aromatic rings. The predicted molar refractivity (Wildman–Crippen MR) is 87.5 cm³/mol. The molecule has 0 radical (unpaired) electrons. The van der Waals surface area contributed by atoms with E-state index < -0.39 is 5.60 Å². The maximum atomic E-state index is 10.6. The summed E-state index contributed by atoms with van der Waals surface area (Å²) in [7, 11) is 0. The topological polar surface area (TPSA) is 50.1 Å². The number of hydrogen-bond donors (Lipinski definition) is 2. The van der Waals surface area contributed by atoms with Crippen molar-refractivity contribution in [3.63, 3.8) is 0 Å². The number of aryl methyl sites for hydroxylation is 1. The van der Waals surface area contributed by atoms with E-state index in [4.69, 9.17) is 4.98 Å². The molecule has 0 aliphatic carbocycles. The van der Waals surface area contributed by atoms with Crippen LogP contribution in [-0.2, 0) is 13.0 Å². The SMILES string of the molecule is CCCn1c(CC(C)(O)CNC(C)C)nc2ccccc21. The van der Waals surface area contributed by atoms with Gasteiger partial charge < -0.3 is 15.0 Å². The number of para-hydroxylation sites is 2.